The van der Waals surface area contributed by atoms with E-state index in [0.29, 0.717) is 6.54 Å². The first-order valence-electron chi connectivity index (χ1n) is 11.4. The number of aromatic nitrogens is 4. The monoisotopic (exact) mass is 450 g/mol. The second kappa shape index (κ2) is 8.29. The zero-order valence-electron chi connectivity index (χ0n) is 17.9. The van der Waals surface area contributed by atoms with Gasteiger partial charge in [-0.2, -0.15) is 5.10 Å². The molecule has 8 nitrogen and oxygen atoms in total. The summed E-state index contributed by atoms with van der Waals surface area (Å²) in [6.45, 7) is 3.53. The Morgan fingerprint density at radius 1 is 1.06 bits per heavy atom. The summed E-state index contributed by atoms with van der Waals surface area (Å²) >= 11 is 1.46. The average molecular weight is 451 g/mol. The van der Waals surface area contributed by atoms with Crippen molar-refractivity contribution in [2.75, 3.05) is 36.0 Å². The van der Waals surface area contributed by atoms with Gasteiger partial charge in [-0.1, -0.05) is 0 Å². The van der Waals surface area contributed by atoms with Crippen LogP contribution in [-0.2, 0) is 11.2 Å². The maximum atomic E-state index is 13.3. The highest BCUT2D eigenvalue weighted by atomic mass is 32.1. The Morgan fingerprint density at radius 3 is 2.75 bits per heavy atom. The fourth-order valence-electron chi connectivity index (χ4n) is 4.70. The third-order valence-electron chi connectivity index (χ3n) is 6.48. The number of thiazole rings is 1. The first-order valence-corrected chi connectivity index (χ1v) is 12.3. The van der Waals surface area contributed by atoms with Gasteiger partial charge in [0.2, 0.25) is 0 Å². The topological polar surface area (TPSA) is 76.4 Å². The number of rotatable bonds is 4. The van der Waals surface area contributed by atoms with Gasteiger partial charge in [0, 0.05) is 44.4 Å². The Hall–Kier alpha value is -2.78. The third kappa shape index (κ3) is 3.59. The lowest BCUT2D eigenvalue weighted by Gasteiger charge is -2.25. The van der Waals surface area contributed by atoms with Crippen molar-refractivity contribution in [3.05, 3.63) is 41.3 Å². The lowest BCUT2D eigenvalue weighted by Crippen LogP contribution is -2.36. The summed E-state index contributed by atoms with van der Waals surface area (Å²) < 4.78 is 7.67. The van der Waals surface area contributed by atoms with Gasteiger partial charge in [-0.05, 0) is 44.2 Å². The van der Waals surface area contributed by atoms with Crippen LogP contribution in [0.15, 0.2) is 30.7 Å². The number of hydrogen-bond acceptors (Lipinski definition) is 7. The molecule has 0 radical (unpaired) electrons. The third-order valence-corrected chi connectivity index (χ3v) is 7.62. The Bertz CT molecular complexity index is 1110. The zero-order chi connectivity index (χ0) is 21.5. The second-order valence-electron chi connectivity index (χ2n) is 8.60. The Morgan fingerprint density at radius 2 is 1.97 bits per heavy atom. The van der Waals surface area contributed by atoms with Gasteiger partial charge in [0.05, 0.1) is 23.8 Å². The van der Waals surface area contributed by atoms with Crippen LogP contribution in [0, 0.1) is 0 Å². The first-order chi connectivity index (χ1) is 15.8. The molecular formula is C23H26N6O2S. The van der Waals surface area contributed by atoms with E-state index in [-0.39, 0.29) is 12.1 Å². The van der Waals surface area contributed by atoms with Crippen LogP contribution >= 0.6 is 11.3 Å². The molecule has 9 heteroatoms. The van der Waals surface area contributed by atoms with Gasteiger partial charge in [0.15, 0.2) is 0 Å². The molecule has 0 aliphatic carbocycles. The number of pyridine rings is 1. The average Bonchev–Trinajstić information content (AvgIpc) is 3.61. The highest BCUT2D eigenvalue weighted by molar-refractivity contribution is 7.17. The number of ether oxygens (including phenoxy) is 1. The molecule has 0 saturated carbocycles. The molecule has 32 heavy (non-hydrogen) atoms. The summed E-state index contributed by atoms with van der Waals surface area (Å²) in [6.07, 6.45) is 12.0. The molecule has 6 rings (SSSR count). The van der Waals surface area contributed by atoms with E-state index in [1.807, 2.05) is 22.0 Å². The van der Waals surface area contributed by atoms with Crippen molar-refractivity contribution >= 4 is 28.7 Å². The minimum atomic E-state index is -0.0287. The highest BCUT2D eigenvalue weighted by Gasteiger charge is 2.31. The van der Waals surface area contributed by atoms with Crippen LogP contribution < -0.4 is 9.80 Å². The Balaban J connectivity index is 1.21. The van der Waals surface area contributed by atoms with Crippen molar-refractivity contribution in [3.8, 4) is 10.6 Å². The normalized spacial score (nSPS) is 21.2. The fourth-order valence-corrected chi connectivity index (χ4v) is 5.75. The molecule has 2 fully saturated rings. The molecule has 0 aromatic carbocycles. The Kier molecular flexibility index (Phi) is 5.15. The largest absolute Gasteiger partial charge is 0.357 e. The van der Waals surface area contributed by atoms with Crippen molar-refractivity contribution in [1.82, 2.24) is 19.7 Å². The van der Waals surface area contributed by atoms with Crippen LogP contribution in [0.1, 0.15) is 53.7 Å². The molecule has 0 spiro atoms. The van der Waals surface area contributed by atoms with Gasteiger partial charge in [-0.25, -0.2) is 14.6 Å². The summed E-state index contributed by atoms with van der Waals surface area (Å²) in [5.74, 6) is 1.02. The molecule has 3 aromatic rings. The van der Waals surface area contributed by atoms with Crippen LogP contribution in [0.2, 0.25) is 0 Å². The van der Waals surface area contributed by atoms with Crippen LogP contribution in [0.25, 0.3) is 10.6 Å². The number of fused-ring (bicyclic) bond motifs is 1. The summed E-state index contributed by atoms with van der Waals surface area (Å²) in [6, 6.07) is 4.14. The Labute approximate surface area is 190 Å². The van der Waals surface area contributed by atoms with E-state index in [9.17, 15) is 4.79 Å². The van der Waals surface area contributed by atoms with E-state index in [4.69, 9.17) is 9.72 Å². The zero-order valence-corrected chi connectivity index (χ0v) is 18.8. The molecule has 2 saturated heterocycles. The molecule has 3 aromatic heterocycles. The van der Waals surface area contributed by atoms with Crippen LogP contribution in [0.4, 0.5) is 11.5 Å². The fraction of sp³-hybridized carbons (Fsp3) is 0.478. The molecule has 6 heterocycles. The van der Waals surface area contributed by atoms with Crippen molar-refractivity contribution in [2.24, 2.45) is 0 Å². The molecule has 1 atom stereocenters. The van der Waals surface area contributed by atoms with Crippen LogP contribution in [-0.4, -0.2) is 51.9 Å². The molecule has 166 valence electrons. The summed E-state index contributed by atoms with van der Waals surface area (Å²) in [5, 5.41) is 5.33. The van der Waals surface area contributed by atoms with E-state index in [1.54, 1.807) is 6.20 Å². The van der Waals surface area contributed by atoms with Gasteiger partial charge in [0.25, 0.3) is 5.91 Å². The summed E-state index contributed by atoms with van der Waals surface area (Å²) in [7, 11) is 0. The second-order valence-corrected chi connectivity index (χ2v) is 9.60. The lowest BCUT2D eigenvalue weighted by atomic mass is 10.1. The number of carbonyl (C=O) groups is 1. The van der Waals surface area contributed by atoms with Crippen molar-refractivity contribution < 1.29 is 9.53 Å². The SMILES string of the molecule is O=C1c2sc(-c3ccc(N4CCCC4)nc3)nc2CCN1c1cnn(C2CCCCO2)c1. The van der Waals surface area contributed by atoms with E-state index < -0.39 is 0 Å². The maximum Gasteiger partial charge on any atom is 0.270 e. The number of amides is 1. The minimum Gasteiger partial charge on any atom is -0.357 e. The van der Waals surface area contributed by atoms with E-state index in [0.717, 1.165) is 78.0 Å². The quantitative estimate of drug-likeness (QED) is 0.600. The molecule has 1 amide bonds. The molecule has 3 aliphatic heterocycles. The molecule has 0 bridgehead atoms. The first kappa shape index (κ1) is 19.9. The van der Waals surface area contributed by atoms with Crippen LogP contribution in [0.5, 0.6) is 0 Å². The van der Waals surface area contributed by atoms with Crippen molar-refractivity contribution in [2.45, 2.75) is 44.8 Å². The summed E-state index contributed by atoms with van der Waals surface area (Å²) in [5.41, 5.74) is 2.67. The van der Waals surface area contributed by atoms with E-state index in [2.05, 4.69) is 27.1 Å². The van der Waals surface area contributed by atoms with Gasteiger partial charge in [0.1, 0.15) is 21.9 Å². The van der Waals surface area contributed by atoms with Gasteiger partial charge < -0.3 is 14.5 Å². The smallest absolute Gasteiger partial charge is 0.270 e. The van der Waals surface area contributed by atoms with Crippen molar-refractivity contribution in [1.29, 1.82) is 0 Å². The molecule has 0 N–H and O–H groups in total. The summed E-state index contributed by atoms with van der Waals surface area (Å²) in [4.78, 5) is 27.6. The standard InChI is InChI=1S/C23H26N6O2S/c30-23-21-18(8-11-28(23)17-14-25-29(15-17)20-5-1-4-12-31-20)26-22(32-21)16-6-7-19(24-13-16)27-9-2-3-10-27/h6-7,13-15,20H,1-5,8-12H2. The van der Waals surface area contributed by atoms with E-state index >= 15 is 0 Å². The minimum absolute atomic E-state index is 0.000702. The van der Waals surface area contributed by atoms with Gasteiger partial charge in [-0.15, -0.1) is 11.3 Å². The van der Waals surface area contributed by atoms with Gasteiger partial charge in [-0.3, -0.25) is 4.79 Å². The lowest BCUT2D eigenvalue weighted by molar-refractivity contribution is -0.0394. The predicted octanol–water partition coefficient (Wildman–Crippen LogP) is 3.90. The molecule has 3 aliphatic rings. The van der Waals surface area contributed by atoms with E-state index in [1.165, 1.54) is 24.2 Å². The predicted molar refractivity (Wildman–Crippen MR) is 123 cm³/mol. The number of hydrogen-bond donors (Lipinski definition) is 0. The van der Waals surface area contributed by atoms with Crippen LogP contribution in [0.3, 0.4) is 0 Å². The molecular weight excluding hydrogens is 424 g/mol. The number of carbonyl (C=O) groups excluding carboxylic acids is 1. The number of anilines is 2. The highest BCUT2D eigenvalue weighted by Crippen LogP contribution is 2.34. The molecule has 1 unspecified atom stereocenters. The maximum absolute atomic E-state index is 13.3. The van der Waals surface area contributed by atoms with Gasteiger partial charge >= 0.3 is 0 Å². The number of nitrogens with zero attached hydrogens (tertiary/aromatic N) is 6. The van der Waals surface area contributed by atoms with Crippen molar-refractivity contribution in [3.63, 3.8) is 0 Å².